The molecule has 0 radical (unpaired) electrons. The summed E-state index contributed by atoms with van der Waals surface area (Å²) in [5.74, 6) is -1.17. The molecule has 86 valence electrons. The van der Waals surface area contributed by atoms with Crippen LogP contribution >= 0.6 is 11.6 Å². The first-order valence-corrected chi connectivity index (χ1v) is 5.20. The van der Waals surface area contributed by atoms with E-state index >= 15 is 0 Å². The second-order valence-corrected chi connectivity index (χ2v) is 3.91. The number of aldehydes is 1. The summed E-state index contributed by atoms with van der Waals surface area (Å²) in [7, 11) is 0. The predicted octanol–water partition coefficient (Wildman–Crippen LogP) is 4.10. The molecule has 17 heavy (non-hydrogen) atoms. The SMILES string of the molecule is O=Cc1ccc(Cl)cc1-c1cc(F)ccc1F. The molecule has 0 spiro atoms. The van der Waals surface area contributed by atoms with E-state index in [1.54, 1.807) is 0 Å². The van der Waals surface area contributed by atoms with Crippen LogP contribution in [0.2, 0.25) is 5.02 Å². The van der Waals surface area contributed by atoms with Gasteiger partial charge in [0.15, 0.2) is 6.29 Å². The highest BCUT2D eigenvalue weighted by atomic mass is 35.5. The molecule has 2 aromatic rings. The van der Waals surface area contributed by atoms with Gasteiger partial charge in [0.25, 0.3) is 0 Å². The van der Waals surface area contributed by atoms with E-state index in [9.17, 15) is 13.6 Å². The summed E-state index contributed by atoms with van der Waals surface area (Å²) in [4.78, 5) is 10.8. The number of carbonyl (C=O) groups is 1. The summed E-state index contributed by atoms with van der Waals surface area (Å²) in [6.45, 7) is 0. The lowest BCUT2D eigenvalue weighted by molar-refractivity contribution is 0.112. The van der Waals surface area contributed by atoms with Crippen LogP contribution in [0.1, 0.15) is 10.4 Å². The average Bonchev–Trinajstić information content (AvgIpc) is 2.32. The highest BCUT2D eigenvalue weighted by Crippen LogP contribution is 2.28. The van der Waals surface area contributed by atoms with Crippen LogP contribution in [0.3, 0.4) is 0 Å². The molecule has 2 aromatic carbocycles. The molecule has 0 aliphatic carbocycles. The summed E-state index contributed by atoms with van der Waals surface area (Å²) in [5.41, 5.74) is 0.568. The van der Waals surface area contributed by atoms with Crippen LogP contribution in [0.4, 0.5) is 8.78 Å². The minimum atomic E-state index is -0.600. The molecule has 0 saturated carbocycles. The zero-order valence-electron chi connectivity index (χ0n) is 8.58. The first kappa shape index (κ1) is 11.7. The Morgan fingerprint density at radius 3 is 2.47 bits per heavy atom. The molecule has 2 rings (SSSR count). The van der Waals surface area contributed by atoms with Crippen molar-refractivity contribution in [2.24, 2.45) is 0 Å². The van der Waals surface area contributed by atoms with Crippen LogP contribution in [-0.4, -0.2) is 6.29 Å². The molecule has 0 aromatic heterocycles. The topological polar surface area (TPSA) is 17.1 Å². The van der Waals surface area contributed by atoms with Crippen molar-refractivity contribution < 1.29 is 13.6 Å². The standard InChI is InChI=1S/C13H7ClF2O/c14-9-2-1-8(7-17)11(5-9)12-6-10(15)3-4-13(12)16/h1-7H. The van der Waals surface area contributed by atoms with Crippen molar-refractivity contribution in [1.82, 2.24) is 0 Å². The average molecular weight is 253 g/mol. The zero-order chi connectivity index (χ0) is 12.4. The summed E-state index contributed by atoms with van der Waals surface area (Å²) >= 11 is 5.78. The zero-order valence-corrected chi connectivity index (χ0v) is 9.34. The van der Waals surface area contributed by atoms with Crippen molar-refractivity contribution in [2.75, 3.05) is 0 Å². The lowest BCUT2D eigenvalue weighted by Gasteiger charge is -2.07. The lowest BCUT2D eigenvalue weighted by atomic mass is 10.00. The Hall–Kier alpha value is -1.74. The smallest absolute Gasteiger partial charge is 0.150 e. The molecule has 0 unspecified atom stereocenters. The van der Waals surface area contributed by atoms with Gasteiger partial charge in [-0.2, -0.15) is 0 Å². The van der Waals surface area contributed by atoms with Crippen molar-refractivity contribution in [3.8, 4) is 11.1 Å². The summed E-state index contributed by atoms with van der Waals surface area (Å²) in [5, 5.41) is 0.356. The van der Waals surface area contributed by atoms with Crippen molar-refractivity contribution in [3.63, 3.8) is 0 Å². The van der Waals surface area contributed by atoms with E-state index in [0.717, 1.165) is 18.2 Å². The highest BCUT2D eigenvalue weighted by Gasteiger charge is 2.11. The van der Waals surface area contributed by atoms with E-state index in [1.165, 1.54) is 18.2 Å². The number of carbonyl (C=O) groups excluding carboxylic acids is 1. The molecule has 0 amide bonds. The van der Waals surface area contributed by atoms with E-state index in [2.05, 4.69) is 0 Å². The Bertz CT molecular complexity index is 582. The number of hydrogen-bond acceptors (Lipinski definition) is 1. The molecule has 0 atom stereocenters. The van der Waals surface area contributed by atoms with Crippen LogP contribution in [0.15, 0.2) is 36.4 Å². The van der Waals surface area contributed by atoms with Crippen molar-refractivity contribution in [2.45, 2.75) is 0 Å². The minimum absolute atomic E-state index is 0.0228. The summed E-state index contributed by atoms with van der Waals surface area (Å²) in [6, 6.07) is 7.49. The maximum absolute atomic E-state index is 13.6. The molecule has 1 nitrogen and oxygen atoms in total. The molecular weight excluding hydrogens is 246 g/mol. The molecule has 4 heteroatoms. The normalized spacial score (nSPS) is 10.3. The second kappa shape index (κ2) is 4.63. The number of rotatable bonds is 2. The van der Waals surface area contributed by atoms with Gasteiger partial charge in [0.1, 0.15) is 11.6 Å². The Kier molecular flexibility index (Phi) is 3.20. The third kappa shape index (κ3) is 2.34. The van der Waals surface area contributed by atoms with E-state index in [1.807, 2.05) is 0 Å². The van der Waals surface area contributed by atoms with Crippen LogP contribution in [0.5, 0.6) is 0 Å². The molecule has 0 aliphatic rings. The van der Waals surface area contributed by atoms with Gasteiger partial charge in [-0.3, -0.25) is 4.79 Å². The summed E-state index contributed by atoms with van der Waals surface area (Å²) < 4.78 is 26.7. The first-order chi connectivity index (χ1) is 8.11. The molecule has 0 saturated heterocycles. The largest absolute Gasteiger partial charge is 0.298 e. The molecule has 0 bridgehead atoms. The van der Waals surface area contributed by atoms with Crippen LogP contribution in [-0.2, 0) is 0 Å². The van der Waals surface area contributed by atoms with Gasteiger partial charge >= 0.3 is 0 Å². The van der Waals surface area contributed by atoms with Gasteiger partial charge in [0, 0.05) is 16.1 Å². The van der Waals surface area contributed by atoms with Gasteiger partial charge in [-0.05, 0) is 42.0 Å². The van der Waals surface area contributed by atoms with Crippen molar-refractivity contribution in [3.05, 3.63) is 58.6 Å². The summed E-state index contributed by atoms with van der Waals surface area (Å²) in [6.07, 6.45) is 0.579. The Balaban J connectivity index is 2.70. The van der Waals surface area contributed by atoms with Crippen LogP contribution in [0, 0.1) is 11.6 Å². The third-order valence-electron chi connectivity index (χ3n) is 2.36. The van der Waals surface area contributed by atoms with E-state index in [0.29, 0.717) is 11.3 Å². The van der Waals surface area contributed by atoms with Gasteiger partial charge < -0.3 is 0 Å². The fraction of sp³-hybridized carbons (Fsp3) is 0. The van der Waals surface area contributed by atoms with Crippen molar-refractivity contribution >= 4 is 17.9 Å². The minimum Gasteiger partial charge on any atom is -0.298 e. The quantitative estimate of drug-likeness (QED) is 0.736. The van der Waals surface area contributed by atoms with Crippen molar-refractivity contribution in [1.29, 1.82) is 0 Å². The maximum atomic E-state index is 13.6. The molecular formula is C13H7ClF2O. The Morgan fingerprint density at radius 2 is 1.76 bits per heavy atom. The fourth-order valence-corrected chi connectivity index (χ4v) is 1.74. The van der Waals surface area contributed by atoms with E-state index < -0.39 is 11.6 Å². The van der Waals surface area contributed by atoms with Crippen LogP contribution < -0.4 is 0 Å². The van der Waals surface area contributed by atoms with E-state index in [-0.39, 0.29) is 16.7 Å². The molecule has 0 aliphatic heterocycles. The highest BCUT2D eigenvalue weighted by molar-refractivity contribution is 6.31. The molecule has 0 heterocycles. The van der Waals surface area contributed by atoms with Gasteiger partial charge in [-0.1, -0.05) is 11.6 Å². The third-order valence-corrected chi connectivity index (χ3v) is 2.60. The Morgan fingerprint density at radius 1 is 1.00 bits per heavy atom. The monoisotopic (exact) mass is 252 g/mol. The predicted molar refractivity (Wildman–Crippen MR) is 62.2 cm³/mol. The van der Waals surface area contributed by atoms with E-state index in [4.69, 9.17) is 11.6 Å². The number of halogens is 3. The molecule has 0 N–H and O–H groups in total. The van der Waals surface area contributed by atoms with Gasteiger partial charge in [-0.15, -0.1) is 0 Å². The lowest BCUT2D eigenvalue weighted by Crippen LogP contribution is -1.92. The second-order valence-electron chi connectivity index (χ2n) is 3.47. The maximum Gasteiger partial charge on any atom is 0.150 e. The van der Waals surface area contributed by atoms with Gasteiger partial charge in [0.05, 0.1) is 0 Å². The van der Waals surface area contributed by atoms with Gasteiger partial charge in [0.2, 0.25) is 0 Å². The molecule has 0 fully saturated rings. The number of benzene rings is 2. The fourth-order valence-electron chi connectivity index (χ4n) is 1.57. The van der Waals surface area contributed by atoms with Crippen LogP contribution in [0.25, 0.3) is 11.1 Å². The van der Waals surface area contributed by atoms with Gasteiger partial charge in [-0.25, -0.2) is 8.78 Å². The number of hydrogen-bond donors (Lipinski definition) is 0. The Labute approximate surface area is 102 Å². The first-order valence-electron chi connectivity index (χ1n) is 4.82.